The lowest BCUT2D eigenvalue weighted by molar-refractivity contribution is 0.342. The molecule has 0 aromatic carbocycles. The van der Waals surface area contributed by atoms with Crippen LogP contribution in [0.2, 0.25) is 0 Å². The minimum Gasteiger partial charge on any atom is -0.354 e. The monoisotopic (exact) mass is 332 g/mol. The molecule has 1 aromatic heterocycles. The highest BCUT2D eigenvalue weighted by Crippen LogP contribution is 2.16. The molecule has 8 heteroatoms. The number of hydrogen-bond donors (Lipinski definition) is 0. The molecule has 21 heavy (non-hydrogen) atoms. The topological polar surface area (TPSA) is 56.8 Å². The molecule has 0 N–H and O–H groups in total. The highest BCUT2D eigenvalue weighted by molar-refractivity contribution is 7.86. The normalized spacial score (nSPS) is 17.4. The molecule has 118 valence electrons. The third kappa shape index (κ3) is 4.06. The van der Waals surface area contributed by atoms with Crippen LogP contribution in [0.3, 0.4) is 0 Å². The van der Waals surface area contributed by atoms with Crippen molar-refractivity contribution in [1.82, 2.24) is 13.6 Å². The van der Waals surface area contributed by atoms with Crippen LogP contribution in [-0.4, -0.2) is 67.7 Å². The highest BCUT2D eigenvalue weighted by Gasteiger charge is 2.30. The molecular weight excluding hydrogens is 312 g/mol. The lowest BCUT2D eigenvalue weighted by atomic mass is 10.3. The van der Waals surface area contributed by atoms with Crippen molar-refractivity contribution in [1.29, 1.82) is 0 Å². The first-order valence-corrected chi connectivity index (χ1v) is 8.92. The zero-order valence-electron chi connectivity index (χ0n) is 12.2. The summed E-state index contributed by atoms with van der Waals surface area (Å²) in [6.07, 6.45) is 2.41. The lowest BCUT2D eigenvalue weighted by Gasteiger charge is -2.36. The molecule has 1 fully saturated rings. The summed E-state index contributed by atoms with van der Waals surface area (Å²) in [6, 6.07) is 5.75. The molecule has 0 saturated carbocycles. The van der Waals surface area contributed by atoms with E-state index in [0.29, 0.717) is 45.0 Å². The van der Waals surface area contributed by atoms with Crippen LogP contribution >= 0.6 is 11.6 Å². The largest absolute Gasteiger partial charge is 0.354 e. The van der Waals surface area contributed by atoms with Crippen LogP contribution in [0.1, 0.15) is 6.42 Å². The van der Waals surface area contributed by atoms with Gasteiger partial charge in [0.1, 0.15) is 5.82 Å². The van der Waals surface area contributed by atoms with Crippen LogP contribution in [0, 0.1) is 0 Å². The molecule has 1 aliphatic rings. The van der Waals surface area contributed by atoms with E-state index in [0.717, 1.165) is 5.82 Å². The number of rotatable bonds is 6. The van der Waals surface area contributed by atoms with Crippen LogP contribution in [0.15, 0.2) is 24.4 Å². The molecule has 0 bridgehead atoms. The maximum absolute atomic E-state index is 12.4. The van der Waals surface area contributed by atoms with Gasteiger partial charge in [-0.3, -0.25) is 0 Å². The van der Waals surface area contributed by atoms with Gasteiger partial charge in [-0.2, -0.15) is 17.0 Å². The van der Waals surface area contributed by atoms with Crippen LogP contribution in [0.4, 0.5) is 5.82 Å². The smallest absolute Gasteiger partial charge is 0.281 e. The average molecular weight is 333 g/mol. The fraction of sp³-hybridized carbons (Fsp3) is 0.615. The summed E-state index contributed by atoms with van der Waals surface area (Å²) in [5.41, 5.74) is 0. The van der Waals surface area contributed by atoms with Crippen LogP contribution in [0.5, 0.6) is 0 Å². The molecule has 0 unspecified atom stereocenters. The predicted molar refractivity (Wildman–Crippen MR) is 84.9 cm³/mol. The van der Waals surface area contributed by atoms with Crippen molar-refractivity contribution in [2.24, 2.45) is 0 Å². The molecule has 6 nitrogen and oxygen atoms in total. The quantitative estimate of drug-likeness (QED) is 0.730. The minimum absolute atomic E-state index is 0.451. The summed E-state index contributed by atoms with van der Waals surface area (Å²) in [6.45, 7) is 2.71. The van der Waals surface area contributed by atoms with E-state index >= 15 is 0 Å². The number of halogens is 1. The van der Waals surface area contributed by atoms with Crippen molar-refractivity contribution in [3.8, 4) is 0 Å². The molecule has 0 radical (unpaired) electrons. The molecule has 2 rings (SSSR count). The lowest BCUT2D eigenvalue weighted by Crippen LogP contribution is -2.52. The Kier molecular flexibility index (Phi) is 5.80. The van der Waals surface area contributed by atoms with Gasteiger partial charge in [0.2, 0.25) is 0 Å². The second-order valence-corrected chi connectivity index (χ2v) is 7.36. The van der Waals surface area contributed by atoms with Gasteiger partial charge >= 0.3 is 0 Å². The van der Waals surface area contributed by atoms with Gasteiger partial charge < -0.3 is 4.90 Å². The molecular formula is C13H21ClN4O2S. The first kappa shape index (κ1) is 16.5. The standard InChI is InChI=1S/C13H21ClN4O2S/c1-16(8-4-6-14)21(19,20)18-11-9-17(10-12-18)13-5-2-3-7-15-13/h2-3,5,7H,4,6,8-12H2,1H3. The second kappa shape index (κ2) is 7.40. The Morgan fingerprint density at radius 1 is 1.29 bits per heavy atom. The van der Waals surface area contributed by atoms with Crippen LogP contribution in [-0.2, 0) is 10.2 Å². The Labute approximate surface area is 131 Å². The van der Waals surface area contributed by atoms with E-state index in [4.69, 9.17) is 11.6 Å². The molecule has 0 amide bonds. The Hall–Kier alpha value is -0.890. The van der Waals surface area contributed by atoms with Crippen molar-refractivity contribution in [2.45, 2.75) is 6.42 Å². The van der Waals surface area contributed by atoms with Gasteiger partial charge in [0.15, 0.2) is 0 Å². The molecule has 1 aromatic rings. The number of nitrogens with zero attached hydrogens (tertiary/aromatic N) is 4. The average Bonchev–Trinajstić information content (AvgIpc) is 2.53. The first-order chi connectivity index (χ1) is 10.1. The summed E-state index contributed by atoms with van der Waals surface area (Å²) in [5, 5.41) is 0. The van der Waals surface area contributed by atoms with Gasteiger partial charge in [-0.1, -0.05) is 6.07 Å². The molecule has 0 atom stereocenters. The SMILES string of the molecule is CN(CCCCl)S(=O)(=O)N1CCN(c2ccccn2)CC1. The molecule has 0 spiro atoms. The zero-order chi connectivity index (χ0) is 15.3. The van der Waals surface area contributed by atoms with Crippen molar-refractivity contribution in [3.63, 3.8) is 0 Å². The Morgan fingerprint density at radius 2 is 2.00 bits per heavy atom. The Morgan fingerprint density at radius 3 is 2.57 bits per heavy atom. The Balaban J connectivity index is 1.94. The third-order valence-electron chi connectivity index (χ3n) is 3.54. The Bertz CT molecular complexity index is 532. The maximum atomic E-state index is 12.4. The van der Waals surface area contributed by atoms with E-state index in [2.05, 4.69) is 9.88 Å². The summed E-state index contributed by atoms with van der Waals surface area (Å²) >= 11 is 5.62. The summed E-state index contributed by atoms with van der Waals surface area (Å²) in [5.74, 6) is 1.36. The van der Waals surface area contributed by atoms with Gasteiger partial charge in [-0.25, -0.2) is 4.98 Å². The summed E-state index contributed by atoms with van der Waals surface area (Å²) in [4.78, 5) is 6.40. The highest BCUT2D eigenvalue weighted by atomic mass is 35.5. The maximum Gasteiger partial charge on any atom is 0.281 e. The molecule has 0 aliphatic carbocycles. The predicted octanol–water partition coefficient (Wildman–Crippen LogP) is 1.01. The van der Waals surface area contributed by atoms with Crippen molar-refractivity contribution in [2.75, 3.05) is 50.6 Å². The van der Waals surface area contributed by atoms with Crippen molar-refractivity contribution in [3.05, 3.63) is 24.4 Å². The second-order valence-electron chi connectivity index (χ2n) is 4.95. The third-order valence-corrected chi connectivity index (χ3v) is 5.79. The van der Waals surface area contributed by atoms with Gasteiger partial charge in [0.05, 0.1) is 0 Å². The summed E-state index contributed by atoms with van der Waals surface area (Å²) < 4.78 is 27.7. The van der Waals surface area contributed by atoms with Gasteiger partial charge in [-0.15, -0.1) is 11.6 Å². The van der Waals surface area contributed by atoms with E-state index in [1.165, 1.54) is 8.61 Å². The molecule has 1 saturated heterocycles. The number of anilines is 1. The molecule has 1 aliphatic heterocycles. The number of pyridine rings is 1. The number of piperazine rings is 1. The first-order valence-electron chi connectivity index (χ1n) is 6.99. The van der Waals surface area contributed by atoms with E-state index in [9.17, 15) is 8.42 Å². The summed E-state index contributed by atoms with van der Waals surface area (Å²) in [7, 11) is -1.77. The van der Waals surface area contributed by atoms with Crippen LogP contribution in [0.25, 0.3) is 0 Å². The number of alkyl halides is 1. The minimum atomic E-state index is -3.38. The van der Waals surface area contributed by atoms with Crippen LogP contribution < -0.4 is 4.90 Å². The number of aromatic nitrogens is 1. The van der Waals surface area contributed by atoms with Gasteiger partial charge in [0.25, 0.3) is 10.2 Å². The van der Waals surface area contributed by atoms with E-state index in [1.54, 1.807) is 13.2 Å². The van der Waals surface area contributed by atoms with Gasteiger partial charge in [0, 0.05) is 51.8 Å². The number of hydrogen-bond acceptors (Lipinski definition) is 4. The fourth-order valence-corrected chi connectivity index (χ4v) is 3.78. The van der Waals surface area contributed by atoms with Gasteiger partial charge in [-0.05, 0) is 18.6 Å². The molecule has 2 heterocycles. The van der Waals surface area contributed by atoms with E-state index in [-0.39, 0.29) is 0 Å². The van der Waals surface area contributed by atoms with Crippen molar-refractivity contribution < 1.29 is 8.42 Å². The fourth-order valence-electron chi connectivity index (χ4n) is 2.28. The van der Waals surface area contributed by atoms with Crippen molar-refractivity contribution >= 4 is 27.6 Å². The zero-order valence-corrected chi connectivity index (χ0v) is 13.7. The van der Waals surface area contributed by atoms with E-state index < -0.39 is 10.2 Å². The van der Waals surface area contributed by atoms with E-state index in [1.807, 2.05) is 18.2 Å².